The van der Waals surface area contributed by atoms with Gasteiger partial charge in [0.25, 0.3) is 0 Å². The van der Waals surface area contributed by atoms with Crippen LogP contribution in [0.3, 0.4) is 0 Å². The number of ether oxygens (including phenoxy) is 1. The van der Waals surface area contributed by atoms with Crippen LogP contribution in [0.1, 0.15) is 25.5 Å². The highest BCUT2D eigenvalue weighted by Crippen LogP contribution is 2.25. The molecule has 0 aromatic carbocycles. The van der Waals surface area contributed by atoms with Crippen LogP contribution < -0.4 is 16.4 Å². The highest BCUT2D eigenvalue weighted by Gasteiger charge is 2.26. The maximum absolute atomic E-state index is 9.17. The summed E-state index contributed by atoms with van der Waals surface area (Å²) in [5, 5.41) is 16.5. The third-order valence-corrected chi connectivity index (χ3v) is 3.99. The van der Waals surface area contributed by atoms with Gasteiger partial charge in [-0.1, -0.05) is 0 Å². The van der Waals surface area contributed by atoms with E-state index in [1.165, 1.54) is 0 Å². The van der Waals surface area contributed by atoms with E-state index in [9.17, 15) is 0 Å². The van der Waals surface area contributed by atoms with Crippen LogP contribution in [0.2, 0.25) is 0 Å². The summed E-state index contributed by atoms with van der Waals surface area (Å²) in [6.07, 6.45) is 3.55. The minimum absolute atomic E-state index is 0.0376. The van der Waals surface area contributed by atoms with Gasteiger partial charge in [-0.15, -0.1) is 0 Å². The van der Waals surface area contributed by atoms with E-state index in [0.29, 0.717) is 35.6 Å². The van der Waals surface area contributed by atoms with Crippen LogP contribution in [-0.2, 0) is 4.74 Å². The molecule has 8 nitrogen and oxygen atoms in total. The van der Waals surface area contributed by atoms with Crippen LogP contribution in [0.25, 0.3) is 10.9 Å². The lowest BCUT2D eigenvalue weighted by molar-refractivity contribution is 0.190. The van der Waals surface area contributed by atoms with Gasteiger partial charge in [-0.2, -0.15) is 5.26 Å². The fraction of sp³-hybridized carbons (Fsp3) is 0.500. The molecule has 4 N–H and O–H groups in total. The van der Waals surface area contributed by atoms with Crippen molar-refractivity contribution in [2.24, 2.45) is 5.73 Å². The average molecular weight is 327 g/mol. The number of aromatic nitrogens is 3. The van der Waals surface area contributed by atoms with E-state index < -0.39 is 0 Å². The van der Waals surface area contributed by atoms with Gasteiger partial charge < -0.3 is 21.1 Å². The summed E-state index contributed by atoms with van der Waals surface area (Å²) in [5.74, 6) is 1.11. The molecule has 2 aromatic heterocycles. The van der Waals surface area contributed by atoms with E-state index in [0.717, 1.165) is 18.2 Å². The van der Waals surface area contributed by atoms with Crippen LogP contribution >= 0.6 is 0 Å². The Bertz CT molecular complexity index is 767. The lowest BCUT2D eigenvalue weighted by Crippen LogP contribution is -2.44. The van der Waals surface area contributed by atoms with Crippen LogP contribution in [0, 0.1) is 11.3 Å². The number of anilines is 2. The first-order valence-electron chi connectivity index (χ1n) is 7.94. The van der Waals surface area contributed by atoms with Crippen LogP contribution in [0.15, 0.2) is 12.3 Å². The third kappa shape index (κ3) is 3.53. The van der Waals surface area contributed by atoms with Gasteiger partial charge in [-0.25, -0.2) is 15.0 Å². The molecular weight excluding hydrogens is 306 g/mol. The van der Waals surface area contributed by atoms with Crippen molar-refractivity contribution >= 4 is 22.7 Å². The van der Waals surface area contributed by atoms with E-state index in [4.69, 9.17) is 15.7 Å². The van der Waals surface area contributed by atoms with Crippen molar-refractivity contribution in [3.63, 3.8) is 0 Å². The Balaban J connectivity index is 1.91. The van der Waals surface area contributed by atoms with E-state index in [1.807, 2.05) is 6.92 Å². The number of nitrogens with zero attached hydrogens (tertiary/aromatic N) is 4. The maximum Gasteiger partial charge on any atom is 0.223 e. The molecule has 3 rings (SSSR count). The Morgan fingerprint density at radius 1 is 1.46 bits per heavy atom. The highest BCUT2D eigenvalue weighted by atomic mass is 16.5. The van der Waals surface area contributed by atoms with Crippen molar-refractivity contribution in [3.05, 3.63) is 18.0 Å². The fourth-order valence-electron chi connectivity index (χ4n) is 2.75. The molecule has 0 unspecified atom stereocenters. The van der Waals surface area contributed by atoms with E-state index >= 15 is 0 Å². The number of hydrogen-bond acceptors (Lipinski definition) is 8. The molecule has 1 fully saturated rings. The van der Waals surface area contributed by atoms with E-state index in [1.54, 1.807) is 19.4 Å². The third-order valence-electron chi connectivity index (χ3n) is 3.99. The molecule has 0 bridgehead atoms. The number of nitrogens with two attached hydrogens (primary N) is 1. The molecule has 1 aliphatic carbocycles. The van der Waals surface area contributed by atoms with Crippen molar-refractivity contribution in [1.29, 1.82) is 5.26 Å². The Labute approximate surface area is 140 Å². The van der Waals surface area contributed by atoms with Gasteiger partial charge >= 0.3 is 0 Å². The Morgan fingerprint density at radius 3 is 2.92 bits per heavy atom. The molecule has 0 radical (unpaired) electrons. The standard InChI is InChI=1S/C16H21N7O/c1-9(8-24-2)20-15-14-10(3-13(6-17)21-15)7-19-16(23-14)22-12-4-11(18)5-12/h3,7,9,11-12H,4-5,8,18H2,1-2H3,(H,20,21)(H,19,22,23)/t9-,11-,12-/m0/s1. The Hall–Kier alpha value is -2.50. The summed E-state index contributed by atoms with van der Waals surface area (Å²) in [7, 11) is 1.64. The Kier molecular flexibility index (Phi) is 4.74. The molecule has 0 spiro atoms. The lowest BCUT2D eigenvalue weighted by Gasteiger charge is -2.32. The van der Waals surface area contributed by atoms with Gasteiger partial charge in [0.05, 0.1) is 6.61 Å². The molecular formula is C16H21N7O. The van der Waals surface area contributed by atoms with Crippen LogP contribution in [0.4, 0.5) is 11.8 Å². The molecule has 0 saturated heterocycles. The van der Waals surface area contributed by atoms with Gasteiger partial charge in [0.1, 0.15) is 17.3 Å². The SMILES string of the molecule is COC[C@H](C)Nc1nc(C#N)cc2cnc(N[C@H]3C[C@H](N)C3)nc12. The molecule has 2 aromatic rings. The number of methoxy groups -OCH3 is 1. The molecule has 1 atom stereocenters. The molecule has 0 amide bonds. The number of pyridine rings is 1. The van der Waals surface area contributed by atoms with Crippen molar-refractivity contribution in [2.75, 3.05) is 24.4 Å². The molecule has 8 heteroatoms. The minimum atomic E-state index is 0.0376. The molecule has 2 heterocycles. The van der Waals surface area contributed by atoms with Crippen LogP contribution in [-0.4, -0.2) is 46.8 Å². The van der Waals surface area contributed by atoms with E-state index in [2.05, 4.69) is 31.7 Å². The highest BCUT2D eigenvalue weighted by molar-refractivity contribution is 5.89. The second kappa shape index (κ2) is 6.95. The second-order valence-corrected chi connectivity index (χ2v) is 6.17. The number of hydrogen-bond donors (Lipinski definition) is 3. The zero-order valence-corrected chi connectivity index (χ0v) is 13.8. The first kappa shape index (κ1) is 16.4. The molecule has 1 aliphatic rings. The summed E-state index contributed by atoms with van der Waals surface area (Å²) in [6, 6.07) is 4.36. The number of nitriles is 1. The normalized spacial score (nSPS) is 20.9. The average Bonchev–Trinajstić information content (AvgIpc) is 2.53. The van der Waals surface area contributed by atoms with Gasteiger partial charge in [0.2, 0.25) is 5.95 Å². The monoisotopic (exact) mass is 327 g/mol. The predicted molar refractivity (Wildman–Crippen MR) is 91.6 cm³/mol. The lowest BCUT2D eigenvalue weighted by atomic mass is 9.88. The second-order valence-electron chi connectivity index (χ2n) is 6.17. The number of fused-ring (bicyclic) bond motifs is 1. The van der Waals surface area contributed by atoms with Crippen molar-refractivity contribution < 1.29 is 4.74 Å². The first-order chi connectivity index (χ1) is 11.6. The summed E-state index contributed by atoms with van der Waals surface area (Å²) in [4.78, 5) is 13.2. The zero-order valence-electron chi connectivity index (χ0n) is 13.8. The van der Waals surface area contributed by atoms with Gasteiger partial charge in [0, 0.05) is 36.8 Å². The van der Waals surface area contributed by atoms with Crippen LogP contribution in [0.5, 0.6) is 0 Å². The Morgan fingerprint density at radius 2 is 2.25 bits per heavy atom. The van der Waals surface area contributed by atoms with Gasteiger partial charge in [-0.3, -0.25) is 0 Å². The predicted octanol–water partition coefficient (Wildman–Crippen LogP) is 1.24. The summed E-state index contributed by atoms with van der Waals surface area (Å²) >= 11 is 0. The number of nitrogens with one attached hydrogen (secondary N) is 2. The molecule has 126 valence electrons. The first-order valence-corrected chi connectivity index (χ1v) is 7.94. The van der Waals surface area contributed by atoms with Gasteiger partial charge in [-0.05, 0) is 25.8 Å². The quantitative estimate of drug-likeness (QED) is 0.724. The maximum atomic E-state index is 9.17. The van der Waals surface area contributed by atoms with Crippen molar-refractivity contribution in [1.82, 2.24) is 15.0 Å². The smallest absolute Gasteiger partial charge is 0.223 e. The summed E-state index contributed by atoms with van der Waals surface area (Å²) in [5.41, 5.74) is 6.81. The summed E-state index contributed by atoms with van der Waals surface area (Å²) in [6.45, 7) is 2.50. The van der Waals surface area contributed by atoms with Crippen molar-refractivity contribution in [2.45, 2.75) is 37.9 Å². The topological polar surface area (TPSA) is 122 Å². The van der Waals surface area contributed by atoms with Crippen molar-refractivity contribution in [3.8, 4) is 6.07 Å². The zero-order chi connectivity index (χ0) is 17.1. The number of rotatable bonds is 6. The van der Waals surface area contributed by atoms with E-state index in [-0.39, 0.29) is 12.1 Å². The molecule has 24 heavy (non-hydrogen) atoms. The fourth-order valence-corrected chi connectivity index (χ4v) is 2.75. The molecule has 0 aliphatic heterocycles. The summed E-state index contributed by atoms with van der Waals surface area (Å²) < 4.78 is 5.14. The van der Waals surface area contributed by atoms with Gasteiger partial charge in [0.15, 0.2) is 5.82 Å². The minimum Gasteiger partial charge on any atom is -0.383 e. The molecule has 1 saturated carbocycles. The largest absolute Gasteiger partial charge is 0.383 e.